The van der Waals surface area contributed by atoms with Gasteiger partial charge in [0.05, 0.1) is 29.4 Å². The Morgan fingerprint density at radius 2 is 2.08 bits per heavy atom. The van der Waals surface area contributed by atoms with Gasteiger partial charge in [-0.3, -0.25) is 14.9 Å². The zero-order valence-electron chi connectivity index (χ0n) is 13.0. The van der Waals surface area contributed by atoms with Gasteiger partial charge in [-0.25, -0.2) is 4.39 Å². The predicted molar refractivity (Wildman–Crippen MR) is 83.9 cm³/mol. The molecule has 126 valence electrons. The van der Waals surface area contributed by atoms with Crippen molar-refractivity contribution < 1.29 is 18.5 Å². The van der Waals surface area contributed by atoms with E-state index in [0.29, 0.717) is 5.76 Å². The zero-order chi connectivity index (χ0) is 17.1. The maximum atomic E-state index is 14.2. The molecule has 1 aliphatic rings. The maximum Gasteiger partial charge on any atom is 0.272 e. The minimum Gasteiger partial charge on any atom is -0.467 e. The largest absolute Gasteiger partial charge is 0.467 e. The number of hydrogen-bond donors (Lipinski definition) is 0. The summed E-state index contributed by atoms with van der Waals surface area (Å²) in [5.41, 5.74) is -0.526. The van der Waals surface area contributed by atoms with Crippen molar-refractivity contribution in [1.82, 2.24) is 4.90 Å². The molecule has 24 heavy (non-hydrogen) atoms. The van der Waals surface area contributed by atoms with E-state index in [0.717, 1.165) is 37.8 Å². The third kappa shape index (κ3) is 3.29. The van der Waals surface area contributed by atoms with E-state index in [1.165, 1.54) is 12.3 Å². The fourth-order valence-corrected chi connectivity index (χ4v) is 3.10. The second kappa shape index (κ2) is 6.82. The number of benzene rings is 1. The quantitative estimate of drug-likeness (QED) is 0.614. The molecule has 0 spiro atoms. The van der Waals surface area contributed by atoms with Gasteiger partial charge in [-0.2, -0.15) is 0 Å². The van der Waals surface area contributed by atoms with Crippen LogP contribution in [0.15, 0.2) is 41.0 Å². The average Bonchev–Trinajstić information content (AvgIpc) is 3.25. The minimum absolute atomic E-state index is 0.0252. The van der Waals surface area contributed by atoms with Crippen LogP contribution in [0.1, 0.15) is 41.8 Å². The van der Waals surface area contributed by atoms with Gasteiger partial charge in [0.25, 0.3) is 11.6 Å². The summed E-state index contributed by atoms with van der Waals surface area (Å²) in [5, 5.41) is 10.7. The smallest absolute Gasteiger partial charge is 0.272 e. The van der Waals surface area contributed by atoms with Crippen molar-refractivity contribution in [3.63, 3.8) is 0 Å². The van der Waals surface area contributed by atoms with Crippen molar-refractivity contribution in [2.24, 2.45) is 0 Å². The van der Waals surface area contributed by atoms with Gasteiger partial charge in [0.1, 0.15) is 11.6 Å². The highest BCUT2D eigenvalue weighted by atomic mass is 19.1. The van der Waals surface area contributed by atoms with E-state index < -0.39 is 16.6 Å². The van der Waals surface area contributed by atoms with E-state index in [1.807, 2.05) is 0 Å². The summed E-state index contributed by atoms with van der Waals surface area (Å²) in [7, 11) is 0. The number of hydrogen-bond acceptors (Lipinski definition) is 4. The molecule has 0 radical (unpaired) electrons. The lowest BCUT2D eigenvalue weighted by molar-refractivity contribution is -0.385. The zero-order valence-corrected chi connectivity index (χ0v) is 13.0. The van der Waals surface area contributed by atoms with Gasteiger partial charge in [-0.1, -0.05) is 12.8 Å². The van der Waals surface area contributed by atoms with Crippen LogP contribution in [0.25, 0.3) is 0 Å². The van der Waals surface area contributed by atoms with Crippen LogP contribution in [0.5, 0.6) is 0 Å². The summed E-state index contributed by atoms with van der Waals surface area (Å²) in [6.07, 6.45) is 5.30. The lowest BCUT2D eigenvalue weighted by Crippen LogP contribution is -2.38. The van der Waals surface area contributed by atoms with Gasteiger partial charge < -0.3 is 9.32 Å². The molecule has 0 aliphatic heterocycles. The van der Waals surface area contributed by atoms with Gasteiger partial charge in [0.15, 0.2) is 0 Å². The van der Waals surface area contributed by atoms with Crippen LogP contribution in [-0.4, -0.2) is 21.8 Å². The van der Waals surface area contributed by atoms with Crippen LogP contribution in [0.3, 0.4) is 0 Å². The monoisotopic (exact) mass is 332 g/mol. The number of carbonyl (C=O) groups excluding carboxylic acids is 1. The fourth-order valence-electron chi connectivity index (χ4n) is 3.10. The van der Waals surface area contributed by atoms with E-state index in [4.69, 9.17) is 4.42 Å². The summed E-state index contributed by atoms with van der Waals surface area (Å²) in [5.74, 6) is -0.722. The van der Waals surface area contributed by atoms with Crippen molar-refractivity contribution >= 4 is 11.6 Å². The summed E-state index contributed by atoms with van der Waals surface area (Å²) < 4.78 is 19.5. The Morgan fingerprint density at radius 1 is 1.33 bits per heavy atom. The van der Waals surface area contributed by atoms with Crippen LogP contribution < -0.4 is 0 Å². The normalized spacial score (nSPS) is 14.7. The van der Waals surface area contributed by atoms with Gasteiger partial charge >= 0.3 is 0 Å². The first-order valence-corrected chi connectivity index (χ1v) is 7.83. The third-order valence-corrected chi connectivity index (χ3v) is 4.33. The molecule has 6 nitrogen and oxygen atoms in total. The number of nitro benzene ring substituents is 1. The van der Waals surface area contributed by atoms with Crippen LogP contribution in [0.4, 0.5) is 10.1 Å². The minimum atomic E-state index is -0.878. The molecule has 0 N–H and O–H groups in total. The number of carbonyl (C=O) groups is 1. The highest BCUT2D eigenvalue weighted by Gasteiger charge is 2.30. The van der Waals surface area contributed by atoms with Crippen molar-refractivity contribution in [1.29, 1.82) is 0 Å². The van der Waals surface area contributed by atoms with E-state index in [-0.39, 0.29) is 23.8 Å². The Kier molecular flexibility index (Phi) is 4.59. The van der Waals surface area contributed by atoms with Crippen LogP contribution >= 0.6 is 0 Å². The van der Waals surface area contributed by atoms with E-state index in [9.17, 15) is 19.3 Å². The summed E-state index contributed by atoms with van der Waals surface area (Å²) in [4.78, 5) is 24.5. The predicted octanol–water partition coefficient (Wildman–Crippen LogP) is 3.91. The molecule has 1 aliphatic carbocycles. The second-order valence-electron chi connectivity index (χ2n) is 5.87. The van der Waals surface area contributed by atoms with E-state index >= 15 is 0 Å². The molecule has 0 saturated heterocycles. The molecule has 0 bridgehead atoms. The summed E-state index contributed by atoms with van der Waals surface area (Å²) in [6, 6.07) is 6.64. The molecule has 1 heterocycles. The SMILES string of the molecule is O=C(c1ccc([N+](=O)[O-])cc1F)N(Cc1ccco1)C1CCCC1. The fraction of sp³-hybridized carbons (Fsp3) is 0.353. The van der Waals surface area contributed by atoms with Gasteiger partial charge in [0.2, 0.25) is 0 Å². The van der Waals surface area contributed by atoms with Crippen molar-refractivity contribution in [2.45, 2.75) is 38.3 Å². The highest BCUT2D eigenvalue weighted by molar-refractivity contribution is 5.95. The average molecular weight is 332 g/mol. The molecule has 7 heteroatoms. The number of furan rings is 1. The first-order chi connectivity index (χ1) is 11.6. The van der Waals surface area contributed by atoms with Crippen LogP contribution in [0.2, 0.25) is 0 Å². The third-order valence-electron chi connectivity index (χ3n) is 4.33. The van der Waals surface area contributed by atoms with Gasteiger partial charge in [0, 0.05) is 12.1 Å². The Balaban J connectivity index is 1.89. The molecule has 1 saturated carbocycles. The van der Waals surface area contributed by atoms with Crippen molar-refractivity contribution in [3.05, 3.63) is 63.9 Å². The Bertz CT molecular complexity index is 739. The first kappa shape index (κ1) is 16.2. The molecule has 3 rings (SSSR count). The lowest BCUT2D eigenvalue weighted by Gasteiger charge is -2.28. The Labute approximate surface area is 138 Å². The number of nitro groups is 1. The highest BCUT2D eigenvalue weighted by Crippen LogP contribution is 2.28. The van der Waals surface area contributed by atoms with E-state index in [1.54, 1.807) is 17.0 Å². The molecule has 2 aromatic rings. The van der Waals surface area contributed by atoms with Crippen LogP contribution in [0, 0.1) is 15.9 Å². The Morgan fingerprint density at radius 3 is 2.67 bits per heavy atom. The molecule has 1 aromatic carbocycles. The molecule has 1 aromatic heterocycles. The lowest BCUT2D eigenvalue weighted by atomic mass is 10.1. The number of nitrogens with zero attached hydrogens (tertiary/aromatic N) is 2. The summed E-state index contributed by atoms with van der Waals surface area (Å²) >= 11 is 0. The Hall–Kier alpha value is -2.70. The molecule has 0 unspecified atom stereocenters. The molecular formula is C17H17FN2O4. The second-order valence-corrected chi connectivity index (χ2v) is 5.87. The molecule has 1 amide bonds. The van der Waals surface area contributed by atoms with Crippen molar-refractivity contribution in [3.8, 4) is 0 Å². The molecular weight excluding hydrogens is 315 g/mol. The molecule has 1 fully saturated rings. The number of rotatable bonds is 5. The molecule has 0 atom stereocenters. The number of amides is 1. The van der Waals surface area contributed by atoms with Crippen LogP contribution in [-0.2, 0) is 6.54 Å². The van der Waals surface area contributed by atoms with E-state index in [2.05, 4.69) is 0 Å². The van der Waals surface area contributed by atoms with Gasteiger partial charge in [-0.05, 0) is 31.0 Å². The summed E-state index contributed by atoms with van der Waals surface area (Å²) in [6.45, 7) is 0.257. The topological polar surface area (TPSA) is 76.6 Å². The first-order valence-electron chi connectivity index (χ1n) is 7.83. The van der Waals surface area contributed by atoms with Crippen molar-refractivity contribution in [2.75, 3.05) is 0 Å². The number of non-ortho nitro benzene ring substituents is 1. The maximum absolute atomic E-state index is 14.2. The van der Waals surface area contributed by atoms with Gasteiger partial charge in [-0.15, -0.1) is 0 Å². The standard InChI is InChI=1S/C17H17FN2O4/c18-16-10-13(20(22)23)7-8-15(16)17(21)19(12-4-1-2-5-12)11-14-6-3-9-24-14/h3,6-10,12H,1-2,4-5,11H2. The number of halogens is 1.